The molecule has 10 heteroatoms. The van der Waals surface area contributed by atoms with Crippen LogP contribution in [0.4, 0.5) is 4.79 Å². The maximum absolute atomic E-state index is 13.8. The van der Waals surface area contributed by atoms with Crippen molar-refractivity contribution in [1.29, 1.82) is 0 Å². The van der Waals surface area contributed by atoms with Crippen LogP contribution in [0.25, 0.3) is 0 Å². The summed E-state index contributed by atoms with van der Waals surface area (Å²) in [6, 6.07) is 17.8. The predicted molar refractivity (Wildman–Crippen MR) is 147 cm³/mol. The standard InChI is InChI=1S/C29H31N3O6S/c1-29(2,3)38-28(36)31-22-25(34)32-23(20(17-39-26(22)32)15-16-21(33)30-4)27(35)37-24(18-11-7-5-8-12-18)19-13-9-6-10-14-19/h5-16,22,24,26H,17H2,1-4H3,(H,30,33)(H,31,36)/b16-15-/t22-,26-/m1/s1. The summed E-state index contributed by atoms with van der Waals surface area (Å²) in [5.74, 6) is -1.21. The van der Waals surface area contributed by atoms with Gasteiger partial charge in [0.15, 0.2) is 6.10 Å². The number of allylic oxidation sites excluding steroid dienone is 1. The number of nitrogens with zero attached hydrogens (tertiary/aromatic N) is 1. The molecule has 0 bridgehead atoms. The molecule has 0 aromatic heterocycles. The molecule has 2 aromatic carbocycles. The summed E-state index contributed by atoms with van der Waals surface area (Å²) >= 11 is 1.37. The number of hydrogen-bond donors (Lipinski definition) is 2. The molecule has 4 rings (SSSR count). The summed E-state index contributed by atoms with van der Waals surface area (Å²) in [5, 5.41) is 4.59. The number of alkyl carbamates (subject to hydrolysis) is 1. The number of benzene rings is 2. The second kappa shape index (κ2) is 11.8. The van der Waals surface area contributed by atoms with Crippen LogP contribution in [0.15, 0.2) is 84.1 Å². The van der Waals surface area contributed by atoms with Crippen LogP contribution >= 0.6 is 11.8 Å². The molecule has 39 heavy (non-hydrogen) atoms. The molecule has 2 aliphatic heterocycles. The summed E-state index contributed by atoms with van der Waals surface area (Å²) < 4.78 is 11.4. The monoisotopic (exact) mass is 549 g/mol. The number of likely N-dealkylation sites (N-methyl/N-ethyl adjacent to an activating group) is 1. The second-order valence-electron chi connectivity index (χ2n) is 9.96. The lowest BCUT2D eigenvalue weighted by atomic mass is 10.0. The topological polar surface area (TPSA) is 114 Å². The fraction of sp³-hybridized carbons (Fsp3) is 0.310. The van der Waals surface area contributed by atoms with Crippen LogP contribution in [0.3, 0.4) is 0 Å². The maximum Gasteiger partial charge on any atom is 0.408 e. The quantitative estimate of drug-likeness (QED) is 0.308. The molecule has 204 valence electrons. The highest BCUT2D eigenvalue weighted by molar-refractivity contribution is 8.00. The lowest BCUT2D eigenvalue weighted by Gasteiger charge is -2.49. The first-order valence-electron chi connectivity index (χ1n) is 12.5. The van der Waals surface area contributed by atoms with Gasteiger partial charge in [-0.15, -0.1) is 11.8 Å². The number of hydrogen-bond acceptors (Lipinski definition) is 7. The van der Waals surface area contributed by atoms with E-state index >= 15 is 0 Å². The SMILES string of the molecule is CNC(=O)/C=C\C1=C(C(=O)OC(c2ccccc2)c2ccccc2)N2C(=O)[C@@H](NC(=O)OC(C)(C)C)[C@H]2SC1. The summed E-state index contributed by atoms with van der Waals surface area (Å²) in [4.78, 5) is 52.7. The van der Waals surface area contributed by atoms with E-state index in [-0.39, 0.29) is 11.6 Å². The highest BCUT2D eigenvalue weighted by Gasteiger charge is 2.54. The summed E-state index contributed by atoms with van der Waals surface area (Å²) in [7, 11) is 1.50. The van der Waals surface area contributed by atoms with Crippen LogP contribution in [-0.2, 0) is 23.9 Å². The smallest absolute Gasteiger partial charge is 0.408 e. The molecule has 3 amide bonds. The van der Waals surface area contributed by atoms with E-state index in [1.54, 1.807) is 20.8 Å². The minimum atomic E-state index is -0.865. The highest BCUT2D eigenvalue weighted by atomic mass is 32.2. The third-order valence-corrected chi connectivity index (χ3v) is 7.28. The van der Waals surface area contributed by atoms with E-state index in [4.69, 9.17) is 9.47 Å². The molecule has 1 fully saturated rings. The van der Waals surface area contributed by atoms with Gasteiger partial charge in [-0.1, -0.05) is 66.7 Å². The number of fused-ring (bicyclic) bond motifs is 1. The lowest BCUT2D eigenvalue weighted by molar-refractivity contribution is -0.153. The molecule has 2 aliphatic rings. The number of amides is 3. The third-order valence-electron chi connectivity index (χ3n) is 5.98. The number of thioether (sulfide) groups is 1. The summed E-state index contributed by atoms with van der Waals surface area (Å²) in [5.41, 5.74) is 1.31. The first-order chi connectivity index (χ1) is 18.6. The Morgan fingerprint density at radius 1 is 1.03 bits per heavy atom. The maximum atomic E-state index is 13.8. The number of carbonyl (C=O) groups is 4. The summed E-state index contributed by atoms with van der Waals surface area (Å²) in [6.07, 6.45) is 1.38. The minimum Gasteiger partial charge on any atom is -0.448 e. The molecule has 2 atom stereocenters. The van der Waals surface area contributed by atoms with Crippen LogP contribution in [-0.4, -0.2) is 58.6 Å². The Morgan fingerprint density at radius 2 is 1.62 bits per heavy atom. The first-order valence-corrected chi connectivity index (χ1v) is 13.5. The fourth-order valence-electron chi connectivity index (χ4n) is 4.20. The van der Waals surface area contributed by atoms with Crippen LogP contribution in [0.2, 0.25) is 0 Å². The van der Waals surface area contributed by atoms with E-state index in [1.807, 2.05) is 60.7 Å². The highest BCUT2D eigenvalue weighted by Crippen LogP contribution is 2.42. The van der Waals surface area contributed by atoms with Crippen molar-refractivity contribution in [2.75, 3.05) is 12.8 Å². The van der Waals surface area contributed by atoms with Gasteiger partial charge in [-0.25, -0.2) is 9.59 Å². The lowest BCUT2D eigenvalue weighted by Crippen LogP contribution is -2.70. The second-order valence-corrected chi connectivity index (χ2v) is 11.1. The van der Waals surface area contributed by atoms with Gasteiger partial charge >= 0.3 is 12.1 Å². The van der Waals surface area contributed by atoms with E-state index in [0.717, 1.165) is 11.1 Å². The van der Waals surface area contributed by atoms with Crippen LogP contribution in [0.5, 0.6) is 0 Å². The fourth-order valence-corrected chi connectivity index (χ4v) is 5.52. The Kier molecular flexibility index (Phi) is 8.44. The van der Waals surface area contributed by atoms with Gasteiger partial charge in [0.2, 0.25) is 5.91 Å². The number of carbonyl (C=O) groups excluding carboxylic acids is 4. The predicted octanol–water partition coefficient (Wildman–Crippen LogP) is 3.68. The molecule has 1 saturated heterocycles. The zero-order chi connectivity index (χ0) is 28.2. The van der Waals surface area contributed by atoms with Crippen LogP contribution in [0.1, 0.15) is 38.0 Å². The van der Waals surface area contributed by atoms with Gasteiger partial charge in [0.1, 0.15) is 22.7 Å². The number of nitrogens with one attached hydrogen (secondary N) is 2. The average Bonchev–Trinajstić information content (AvgIpc) is 2.92. The molecular formula is C29H31N3O6S. The zero-order valence-corrected chi connectivity index (χ0v) is 23.0. The van der Waals surface area contributed by atoms with Gasteiger partial charge in [-0.3, -0.25) is 14.5 Å². The average molecular weight is 550 g/mol. The molecule has 0 spiro atoms. The van der Waals surface area contributed by atoms with Crippen molar-refractivity contribution in [3.63, 3.8) is 0 Å². The van der Waals surface area contributed by atoms with Gasteiger partial charge in [-0.2, -0.15) is 0 Å². The van der Waals surface area contributed by atoms with Crippen molar-refractivity contribution in [2.24, 2.45) is 0 Å². The third kappa shape index (κ3) is 6.51. The number of ether oxygens (including phenoxy) is 2. The van der Waals surface area contributed by atoms with Gasteiger partial charge in [-0.05, 0) is 37.5 Å². The van der Waals surface area contributed by atoms with Crippen molar-refractivity contribution in [2.45, 2.75) is 43.9 Å². The zero-order valence-electron chi connectivity index (χ0n) is 22.2. The Bertz CT molecular complexity index is 1260. The Hall–Kier alpha value is -4.05. The molecular weight excluding hydrogens is 518 g/mol. The first kappa shape index (κ1) is 28.0. The molecule has 0 unspecified atom stereocenters. The molecule has 0 radical (unpaired) electrons. The molecule has 2 aromatic rings. The van der Waals surface area contributed by atoms with Gasteiger partial charge < -0.3 is 20.1 Å². The Morgan fingerprint density at radius 3 is 2.15 bits per heavy atom. The van der Waals surface area contributed by atoms with Gasteiger partial charge in [0.05, 0.1) is 0 Å². The number of rotatable bonds is 7. The van der Waals surface area contributed by atoms with Gasteiger partial charge in [0, 0.05) is 18.9 Å². The van der Waals surface area contributed by atoms with E-state index in [2.05, 4.69) is 10.6 Å². The molecule has 2 heterocycles. The number of esters is 1. The van der Waals surface area contributed by atoms with E-state index < -0.39 is 41.1 Å². The van der Waals surface area contributed by atoms with Crippen LogP contribution < -0.4 is 10.6 Å². The molecule has 2 N–H and O–H groups in total. The van der Waals surface area contributed by atoms with E-state index in [9.17, 15) is 19.2 Å². The van der Waals surface area contributed by atoms with Crippen LogP contribution in [0, 0.1) is 0 Å². The summed E-state index contributed by atoms with van der Waals surface area (Å²) in [6.45, 7) is 5.19. The molecule has 0 aliphatic carbocycles. The Balaban J connectivity index is 1.65. The van der Waals surface area contributed by atoms with Crippen molar-refractivity contribution in [1.82, 2.24) is 15.5 Å². The van der Waals surface area contributed by atoms with Crippen molar-refractivity contribution in [3.05, 3.63) is 95.2 Å². The minimum absolute atomic E-state index is 0.0444. The molecule has 9 nitrogen and oxygen atoms in total. The normalized spacial score (nSPS) is 18.9. The van der Waals surface area contributed by atoms with Crippen molar-refractivity contribution < 1.29 is 28.7 Å². The van der Waals surface area contributed by atoms with E-state index in [0.29, 0.717) is 11.3 Å². The van der Waals surface area contributed by atoms with Crippen molar-refractivity contribution >= 4 is 35.6 Å². The molecule has 0 saturated carbocycles. The van der Waals surface area contributed by atoms with E-state index in [1.165, 1.54) is 35.9 Å². The number of β-lactam (4-membered cyclic amide) rings is 1. The Labute approximate surface area is 231 Å². The van der Waals surface area contributed by atoms with Gasteiger partial charge in [0.25, 0.3) is 5.91 Å². The van der Waals surface area contributed by atoms with Crippen molar-refractivity contribution in [3.8, 4) is 0 Å². The largest absolute Gasteiger partial charge is 0.448 e.